The molecule has 0 saturated carbocycles. The fourth-order valence-electron chi connectivity index (χ4n) is 3.69. The van der Waals surface area contributed by atoms with Crippen LogP contribution in [0.25, 0.3) is 0 Å². The van der Waals surface area contributed by atoms with Crippen molar-refractivity contribution in [3.05, 3.63) is 0 Å². The van der Waals surface area contributed by atoms with Crippen molar-refractivity contribution >= 4 is 40.9 Å². The zero-order chi connectivity index (χ0) is 29.1. The predicted molar refractivity (Wildman–Crippen MR) is 144 cm³/mol. The van der Waals surface area contributed by atoms with Gasteiger partial charge in [0.2, 0.25) is 17.7 Å². The molecule has 3 amide bonds. The van der Waals surface area contributed by atoms with Crippen molar-refractivity contribution in [1.29, 1.82) is 0 Å². The van der Waals surface area contributed by atoms with E-state index in [9.17, 15) is 33.6 Å². The highest BCUT2D eigenvalue weighted by Gasteiger charge is 2.21. The molecule has 0 heterocycles. The van der Waals surface area contributed by atoms with E-state index in [-0.39, 0.29) is 125 Å². The predicted octanol–water partition coefficient (Wildman–Crippen LogP) is 2.75. The summed E-state index contributed by atoms with van der Waals surface area (Å²) in [4.78, 5) is 89.5. The Morgan fingerprint density at radius 1 is 0.421 bits per heavy atom. The maximum absolute atomic E-state index is 13.0. The highest BCUT2D eigenvalue weighted by Crippen LogP contribution is 2.08. The summed E-state index contributed by atoms with van der Waals surface area (Å²) in [6.45, 7) is 9.38. The zero-order valence-corrected chi connectivity index (χ0v) is 24.0. The Morgan fingerprint density at radius 3 is 1.00 bits per heavy atom. The molecule has 0 fully saturated rings. The molecule has 10 nitrogen and oxygen atoms in total. The molecule has 0 rings (SSSR count). The molecule has 0 unspecified atom stereocenters. The summed E-state index contributed by atoms with van der Waals surface area (Å²) in [6, 6.07) is 0. The molecule has 38 heavy (non-hydrogen) atoms. The lowest BCUT2D eigenvalue weighted by Crippen LogP contribution is -2.41. The van der Waals surface area contributed by atoms with Crippen LogP contribution in [0.2, 0.25) is 0 Å². The molecule has 0 aromatic heterocycles. The Bertz CT molecular complexity index is 787. The van der Waals surface area contributed by atoms with Gasteiger partial charge < -0.3 is 14.7 Å². The molecule has 216 valence electrons. The van der Waals surface area contributed by atoms with Gasteiger partial charge in [0.15, 0.2) is 0 Å². The van der Waals surface area contributed by atoms with Gasteiger partial charge in [-0.25, -0.2) is 0 Å². The molecule has 0 aliphatic heterocycles. The molecule has 0 bridgehead atoms. The summed E-state index contributed by atoms with van der Waals surface area (Å²) in [5.74, 6) is -0.733. The summed E-state index contributed by atoms with van der Waals surface area (Å²) in [7, 11) is 0. The molecule has 0 radical (unpaired) electrons. The Morgan fingerprint density at radius 2 is 0.711 bits per heavy atom. The van der Waals surface area contributed by atoms with Gasteiger partial charge in [-0.3, -0.25) is 33.6 Å². The summed E-state index contributed by atoms with van der Waals surface area (Å²) >= 11 is 0. The molecule has 0 aliphatic carbocycles. The van der Waals surface area contributed by atoms with E-state index >= 15 is 0 Å². The average molecular weight is 538 g/mol. The molecular weight excluding hydrogens is 490 g/mol. The van der Waals surface area contributed by atoms with Crippen molar-refractivity contribution in [2.75, 3.05) is 39.3 Å². The van der Waals surface area contributed by atoms with Crippen molar-refractivity contribution in [2.45, 2.75) is 98.8 Å². The quantitative estimate of drug-likeness (QED) is 0.208. The molecule has 0 aromatic carbocycles. The van der Waals surface area contributed by atoms with Crippen molar-refractivity contribution in [3.63, 3.8) is 0 Å². The molecule has 0 spiro atoms. The molecule has 0 saturated heterocycles. The van der Waals surface area contributed by atoms with Gasteiger partial charge >= 0.3 is 0 Å². The minimum absolute atomic E-state index is 0.0131. The van der Waals surface area contributed by atoms with Crippen LogP contribution in [0.1, 0.15) is 98.8 Å². The van der Waals surface area contributed by atoms with Crippen LogP contribution in [-0.2, 0) is 33.6 Å². The van der Waals surface area contributed by atoms with Crippen LogP contribution in [0.3, 0.4) is 0 Å². The molecule has 0 N–H and O–H groups in total. The minimum Gasteiger partial charge on any atom is -0.342 e. The van der Waals surface area contributed by atoms with E-state index in [2.05, 4.69) is 0 Å². The SMILES string of the molecule is CCCC(=O)N(CCC(=O)N(CCC(C)=O)CCC(C)=O)CCC(=O)N(CCC(=O)CC)CCC(=O)CC. The van der Waals surface area contributed by atoms with E-state index in [4.69, 9.17) is 0 Å². The number of rotatable bonds is 22. The zero-order valence-electron chi connectivity index (χ0n) is 24.0. The van der Waals surface area contributed by atoms with Gasteiger partial charge in [0.25, 0.3) is 0 Å². The number of Topliss-reactive ketones (excluding diaryl/α,β-unsaturated/α-hetero) is 4. The number of amides is 3. The smallest absolute Gasteiger partial charge is 0.224 e. The lowest BCUT2D eigenvalue weighted by molar-refractivity contribution is -0.135. The van der Waals surface area contributed by atoms with Gasteiger partial charge in [-0.15, -0.1) is 0 Å². The standard InChI is InChI=1S/C28H47N3O7/c1-6-9-26(36)31(20-14-27(37)29(16-10-22(4)32)17-11-23(5)33)21-15-28(38)30(18-12-24(34)7-2)19-13-25(35)8-3/h6-21H2,1-5H3. The first kappa shape index (κ1) is 35.1. The van der Waals surface area contributed by atoms with Crippen LogP contribution in [-0.4, -0.2) is 94.8 Å². The monoisotopic (exact) mass is 537 g/mol. The Balaban J connectivity index is 5.30. The van der Waals surface area contributed by atoms with Gasteiger partial charge in [-0.1, -0.05) is 20.8 Å². The van der Waals surface area contributed by atoms with Gasteiger partial charge in [-0.2, -0.15) is 0 Å². The van der Waals surface area contributed by atoms with Crippen LogP contribution in [0, 0.1) is 0 Å². The molecular formula is C28H47N3O7. The highest BCUT2D eigenvalue weighted by molar-refractivity contribution is 5.83. The Hall–Kier alpha value is -2.91. The van der Waals surface area contributed by atoms with Crippen LogP contribution in [0.15, 0.2) is 0 Å². The number of hydrogen-bond donors (Lipinski definition) is 0. The van der Waals surface area contributed by atoms with E-state index in [1.807, 2.05) is 6.92 Å². The second kappa shape index (κ2) is 20.1. The number of ketones is 4. The normalized spacial score (nSPS) is 10.6. The van der Waals surface area contributed by atoms with E-state index in [1.54, 1.807) is 13.8 Å². The Labute approximate surface area is 227 Å². The van der Waals surface area contributed by atoms with Crippen molar-refractivity contribution in [2.24, 2.45) is 0 Å². The topological polar surface area (TPSA) is 129 Å². The fraction of sp³-hybridized carbons (Fsp3) is 0.750. The van der Waals surface area contributed by atoms with E-state index in [1.165, 1.54) is 28.5 Å². The first-order valence-electron chi connectivity index (χ1n) is 13.8. The van der Waals surface area contributed by atoms with Gasteiger partial charge in [0, 0.05) is 97.1 Å². The van der Waals surface area contributed by atoms with Gasteiger partial charge in [-0.05, 0) is 20.3 Å². The number of hydrogen-bond acceptors (Lipinski definition) is 7. The number of carbonyl (C=O) groups is 7. The number of carbonyl (C=O) groups excluding carboxylic acids is 7. The molecule has 0 aromatic rings. The van der Waals surface area contributed by atoms with Crippen molar-refractivity contribution in [1.82, 2.24) is 14.7 Å². The van der Waals surface area contributed by atoms with Gasteiger partial charge in [0.1, 0.15) is 23.1 Å². The molecule has 0 atom stereocenters. The largest absolute Gasteiger partial charge is 0.342 e. The van der Waals surface area contributed by atoms with Crippen LogP contribution in [0.5, 0.6) is 0 Å². The second-order valence-electron chi connectivity index (χ2n) is 9.58. The van der Waals surface area contributed by atoms with Crippen LogP contribution < -0.4 is 0 Å². The van der Waals surface area contributed by atoms with Gasteiger partial charge in [0.05, 0.1) is 0 Å². The molecule has 0 aliphatic rings. The maximum Gasteiger partial charge on any atom is 0.224 e. The third-order valence-corrected chi connectivity index (χ3v) is 6.29. The maximum atomic E-state index is 13.0. The summed E-state index contributed by atoms with van der Waals surface area (Å²) < 4.78 is 0. The highest BCUT2D eigenvalue weighted by atomic mass is 16.2. The fourth-order valence-corrected chi connectivity index (χ4v) is 3.69. The first-order valence-corrected chi connectivity index (χ1v) is 13.8. The van der Waals surface area contributed by atoms with Crippen molar-refractivity contribution in [3.8, 4) is 0 Å². The lowest BCUT2D eigenvalue weighted by Gasteiger charge is -2.27. The minimum atomic E-state index is -0.258. The molecule has 10 heteroatoms. The van der Waals surface area contributed by atoms with E-state index in [0.29, 0.717) is 19.3 Å². The van der Waals surface area contributed by atoms with E-state index < -0.39 is 0 Å². The lowest BCUT2D eigenvalue weighted by atomic mass is 10.1. The third-order valence-electron chi connectivity index (χ3n) is 6.29. The Kier molecular flexibility index (Phi) is 18.6. The average Bonchev–Trinajstić information content (AvgIpc) is 2.87. The van der Waals surface area contributed by atoms with Crippen molar-refractivity contribution < 1.29 is 33.6 Å². The van der Waals surface area contributed by atoms with Crippen LogP contribution in [0.4, 0.5) is 0 Å². The number of nitrogens with zero attached hydrogens (tertiary/aromatic N) is 3. The second-order valence-corrected chi connectivity index (χ2v) is 9.58. The van der Waals surface area contributed by atoms with Crippen LogP contribution >= 0.6 is 0 Å². The van der Waals surface area contributed by atoms with E-state index in [0.717, 1.165) is 0 Å². The third kappa shape index (κ3) is 16.0. The summed E-state index contributed by atoms with van der Waals surface area (Å²) in [5.41, 5.74) is 0. The summed E-state index contributed by atoms with van der Waals surface area (Å²) in [6.07, 6.45) is 2.48. The summed E-state index contributed by atoms with van der Waals surface area (Å²) in [5, 5.41) is 0. The first-order chi connectivity index (χ1) is 17.9.